The Bertz CT molecular complexity index is 656. The molecule has 0 saturated carbocycles. The number of carbonyl (C=O) groups is 1. The molecule has 2 saturated heterocycles. The SMILES string of the molecule is COc1ccc(CN2CCC[C@H](C(=O)N3CCCCCC3)C2)c(OC)c1OC. The highest BCUT2D eigenvalue weighted by atomic mass is 16.5. The Morgan fingerprint density at radius 2 is 1.64 bits per heavy atom. The molecule has 0 spiro atoms. The van der Waals surface area contributed by atoms with Gasteiger partial charge in [0.1, 0.15) is 0 Å². The average molecular weight is 391 g/mol. The zero-order valence-electron chi connectivity index (χ0n) is 17.5. The lowest BCUT2D eigenvalue weighted by Gasteiger charge is -2.35. The largest absolute Gasteiger partial charge is 0.493 e. The third-order valence-corrected chi connectivity index (χ3v) is 5.95. The van der Waals surface area contributed by atoms with Gasteiger partial charge in [0.25, 0.3) is 0 Å². The van der Waals surface area contributed by atoms with Crippen LogP contribution in [0, 0.1) is 5.92 Å². The van der Waals surface area contributed by atoms with E-state index < -0.39 is 0 Å². The molecule has 0 bridgehead atoms. The van der Waals surface area contributed by atoms with Crippen LogP contribution >= 0.6 is 0 Å². The summed E-state index contributed by atoms with van der Waals surface area (Å²) in [5.41, 5.74) is 1.06. The van der Waals surface area contributed by atoms with Gasteiger partial charge in [-0.3, -0.25) is 9.69 Å². The predicted molar refractivity (Wildman–Crippen MR) is 109 cm³/mol. The molecule has 1 amide bonds. The summed E-state index contributed by atoms with van der Waals surface area (Å²) in [7, 11) is 4.91. The molecule has 0 radical (unpaired) electrons. The van der Waals surface area contributed by atoms with Gasteiger partial charge in [0.2, 0.25) is 11.7 Å². The smallest absolute Gasteiger partial charge is 0.226 e. The van der Waals surface area contributed by atoms with Crippen molar-refractivity contribution in [2.75, 3.05) is 47.5 Å². The molecule has 156 valence electrons. The van der Waals surface area contributed by atoms with E-state index in [1.165, 1.54) is 12.8 Å². The van der Waals surface area contributed by atoms with E-state index in [0.29, 0.717) is 23.2 Å². The normalized spacial score (nSPS) is 21.1. The van der Waals surface area contributed by atoms with Gasteiger partial charge in [-0.05, 0) is 38.3 Å². The van der Waals surface area contributed by atoms with E-state index in [-0.39, 0.29) is 5.92 Å². The summed E-state index contributed by atoms with van der Waals surface area (Å²) in [6.45, 7) is 4.42. The standard InChI is InChI=1S/C22H34N2O4/c1-26-19-11-10-17(20(27-2)21(19)28-3)15-23-12-8-9-18(16-23)22(25)24-13-6-4-5-7-14-24/h10-11,18H,4-9,12-16H2,1-3H3/t18-/m0/s1. The number of amides is 1. The van der Waals surface area contributed by atoms with E-state index in [2.05, 4.69) is 9.80 Å². The maximum Gasteiger partial charge on any atom is 0.226 e. The molecule has 6 heteroatoms. The quantitative estimate of drug-likeness (QED) is 0.746. The van der Waals surface area contributed by atoms with Crippen molar-refractivity contribution in [3.05, 3.63) is 17.7 Å². The van der Waals surface area contributed by atoms with Gasteiger partial charge in [-0.2, -0.15) is 0 Å². The number of piperidine rings is 1. The third-order valence-electron chi connectivity index (χ3n) is 5.95. The first-order chi connectivity index (χ1) is 13.7. The molecule has 0 unspecified atom stereocenters. The summed E-state index contributed by atoms with van der Waals surface area (Å²) in [4.78, 5) is 17.5. The van der Waals surface area contributed by atoms with Crippen LogP contribution in [0.5, 0.6) is 17.2 Å². The van der Waals surface area contributed by atoms with Crippen LogP contribution in [0.25, 0.3) is 0 Å². The number of benzene rings is 1. The number of hydrogen-bond donors (Lipinski definition) is 0. The van der Waals surface area contributed by atoms with E-state index in [1.54, 1.807) is 21.3 Å². The molecule has 2 aliphatic heterocycles. The molecular formula is C22H34N2O4. The second-order valence-corrected chi connectivity index (χ2v) is 7.81. The molecule has 0 aliphatic carbocycles. The van der Waals surface area contributed by atoms with Crippen molar-refractivity contribution >= 4 is 5.91 Å². The van der Waals surface area contributed by atoms with Crippen molar-refractivity contribution < 1.29 is 19.0 Å². The van der Waals surface area contributed by atoms with E-state index in [9.17, 15) is 4.79 Å². The minimum Gasteiger partial charge on any atom is -0.493 e. The molecule has 0 N–H and O–H groups in total. The topological polar surface area (TPSA) is 51.2 Å². The second-order valence-electron chi connectivity index (χ2n) is 7.81. The Kier molecular flexibility index (Phi) is 7.43. The predicted octanol–water partition coefficient (Wildman–Crippen LogP) is 3.33. The minimum atomic E-state index is 0.109. The van der Waals surface area contributed by atoms with Crippen molar-refractivity contribution in [1.29, 1.82) is 0 Å². The van der Waals surface area contributed by atoms with Gasteiger partial charge in [0.15, 0.2) is 11.5 Å². The number of likely N-dealkylation sites (tertiary alicyclic amines) is 2. The molecule has 1 atom stereocenters. The fourth-order valence-electron chi connectivity index (χ4n) is 4.48. The Hall–Kier alpha value is -1.95. The van der Waals surface area contributed by atoms with Crippen LogP contribution in [0.15, 0.2) is 12.1 Å². The molecule has 3 rings (SSSR count). The van der Waals surface area contributed by atoms with Gasteiger partial charge in [0.05, 0.1) is 27.2 Å². The highest BCUT2D eigenvalue weighted by molar-refractivity contribution is 5.79. The van der Waals surface area contributed by atoms with Gasteiger partial charge < -0.3 is 19.1 Å². The van der Waals surface area contributed by atoms with Crippen molar-refractivity contribution in [3.8, 4) is 17.2 Å². The summed E-state index contributed by atoms with van der Waals surface area (Å²) in [5, 5.41) is 0. The van der Waals surface area contributed by atoms with E-state index in [4.69, 9.17) is 14.2 Å². The maximum absolute atomic E-state index is 13.0. The molecule has 0 aromatic heterocycles. The third kappa shape index (κ3) is 4.72. The van der Waals surface area contributed by atoms with Crippen LogP contribution in [0.1, 0.15) is 44.1 Å². The van der Waals surface area contributed by atoms with E-state index in [1.807, 2.05) is 12.1 Å². The fourth-order valence-corrected chi connectivity index (χ4v) is 4.48. The first-order valence-electron chi connectivity index (χ1n) is 10.5. The van der Waals surface area contributed by atoms with E-state index in [0.717, 1.165) is 64.0 Å². The number of nitrogens with zero attached hydrogens (tertiary/aromatic N) is 2. The molecule has 1 aromatic carbocycles. The van der Waals surface area contributed by atoms with Gasteiger partial charge in [-0.1, -0.05) is 18.9 Å². The Morgan fingerprint density at radius 1 is 0.929 bits per heavy atom. The van der Waals surface area contributed by atoms with Crippen molar-refractivity contribution in [2.45, 2.75) is 45.1 Å². The van der Waals surface area contributed by atoms with Crippen LogP contribution in [0.2, 0.25) is 0 Å². The first-order valence-corrected chi connectivity index (χ1v) is 10.5. The fraction of sp³-hybridized carbons (Fsp3) is 0.682. The lowest BCUT2D eigenvalue weighted by molar-refractivity contribution is -0.137. The van der Waals surface area contributed by atoms with Crippen LogP contribution < -0.4 is 14.2 Å². The molecule has 2 aliphatic rings. The average Bonchev–Trinajstić information content (AvgIpc) is 3.02. The molecule has 6 nitrogen and oxygen atoms in total. The summed E-state index contributed by atoms with van der Waals surface area (Å²) < 4.78 is 16.5. The van der Waals surface area contributed by atoms with Crippen molar-refractivity contribution in [1.82, 2.24) is 9.80 Å². The minimum absolute atomic E-state index is 0.109. The highest BCUT2D eigenvalue weighted by Gasteiger charge is 2.30. The molecule has 2 heterocycles. The number of carbonyl (C=O) groups excluding carboxylic acids is 1. The Morgan fingerprint density at radius 3 is 2.29 bits per heavy atom. The maximum atomic E-state index is 13.0. The number of ether oxygens (including phenoxy) is 3. The Balaban J connectivity index is 1.69. The Labute approximate surface area is 168 Å². The molecular weight excluding hydrogens is 356 g/mol. The summed E-state index contributed by atoms with van der Waals surface area (Å²) in [6, 6.07) is 3.95. The molecule has 2 fully saturated rings. The van der Waals surface area contributed by atoms with Crippen LogP contribution in [-0.2, 0) is 11.3 Å². The monoisotopic (exact) mass is 390 g/mol. The number of methoxy groups -OCH3 is 3. The van der Waals surface area contributed by atoms with Gasteiger partial charge in [-0.15, -0.1) is 0 Å². The van der Waals surface area contributed by atoms with Gasteiger partial charge >= 0.3 is 0 Å². The molecule has 28 heavy (non-hydrogen) atoms. The highest BCUT2D eigenvalue weighted by Crippen LogP contribution is 2.40. The lowest BCUT2D eigenvalue weighted by atomic mass is 9.95. The van der Waals surface area contributed by atoms with Crippen molar-refractivity contribution in [2.24, 2.45) is 5.92 Å². The first kappa shape index (κ1) is 20.8. The zero-order chi connectivity index (χ0) is 19.9. The van der Waals surface area contributed by atoms with Crippen LogP contribution in [0.3, 0.4) is 0 Å². The van der Waals surface area contributed by atoms with Crippen molar-refractivity contribution in [3.63, 3.8) is 0 Å². The molecule has 1 aromatic rings. The zero-order valence-corrected chi connectivity index (χ0v) is 17.5. The van der Waals surface area contributed by atoms with Crippen LogP contribution in [0.4, 0.5) is 0 Å². The van der Waals surface area contributed by atoms with Crippen LogP contribution in [-0.4, -0.2) is 63.2 Å². The number of hydrogen-bond acceptors (Lipinski definition) is 5. The van der Waals surface area contributed by atoms with E-state index >= 15 is 0 Å². The van der Waals surface area contributed by atoms with Gasteiger partial charge in [0, 0.05) is 31.7 Å². The second kappa shape index (κ2) is 10.0. The lowest BCUT2D eigenvalue weighted by Crippen LogP contribution is -2.44. The summed E-state index contributed by atoms with van der Waals surface area (Å²) in [6.07, 6.45) is 6.84. The number of rotatable bonds is 6. The summed E-state index contributed by atoms with van der Waals surface area (Å²) in [5.74, 6) is 2.46. The summed E-state index contributed by atoms with van der Waals surface area (Å²) >= 11 is 0. The van der Waals surface area contributed by atoms with Gasteiger partial charge in [-0.25, -0.2) is 0 Å².